The van der Waals surface area contributed by atoms with E-state index in [1.807, 2.05) is 52.0 Å². The van der Waals surface area contributed by atoms with Crippen LogP contribution in [0, 0.1) is 13.8 Å². The third-order valence-electron chi connectivity index (χ3n) is 3.74. The van der Waals surface area contributed by atoms with Gasteiger partial charge in [-0.25, -0.2) is 4.68 Å². The van der Waals surface area contributed by atoms with Gasteiger partial charge in [-0.2, -0.15) is 5.10 Å². The Morgan fingerprint density at radius 1 is 1.25 bits per heavy atom. The molecule has 3 rings (SSSR count). The van der Waals surface area contributed by atoms with Crippen molar-refractivity contribution in [2.75, 3.05) is 5.32 Å². The Balaban J connectivity index is 1.83. The number of carbonyl (C=O) groups excluding carboxylic acids is 1. The molecular weight excluding hydrogens is 304 g/mol. The monoisotopic (exact) mass is 324 g/mol. The van der Waals surface area contributed by atoms with Crippen molar-refractivity contribution in [2.45, 2.75) is 33.7 Å². The van der Waals surface area contributed by atoms with Crippen LogP contribution < -0.4 is 5.32 Å². The van der Waals surface area contributed by atoms with Gasteiger partial charge in [0, 0.05) is 12.2 Å². The number of aryl methyl sites for hydroxylation is 1. The van der Waals surface area contributed by atoms with E-state index in [9.17, 15) is 4.79 Å². The maximum atomic E-state index is 12.5. The van der Waals surface area contributed by atoms with Gasteiger partial charge in [0.1, 0.15) is 0 Å². The van der Waals surface area contributed by atoms with Gasteiger partial charge in [-0.1, -0.05) is 17.3 Å². The van der Waals surface area contributed by atoms with E-state index in [-0.39, 0.29) is 11.9 Å². The molecule has 0 aliphatic heterocycles. The first kappa shape index (κ1) is 15.9. The molecule has 2 heterocycles. The van der Waals surface area contributed by atoms with E-state index in [1.54, 1.807) is 21.8 Å². The molecule has 24 heavy (non-hydrogen) atoms. The summed E-state index contributed by atoms with van der Waals surface area (Å²) in [6.45, 7) is 7.89. The molecular formula is C17H20N6O. The van der Waals surface area contributed by atoms with Gasteiger partial charge >= 0.3 is 0 Å². The minimum Gasteiger partial charge on any atom is -0.318 e. The predicted molar refractivity (Wildman–Crippen MR) is 91.4 cm³/mol. The Morgan fingerprint density at radius 3 is 2.71 bits per heavy atom. The molecule has 0 saturated carbocycles. The zero-order valence-electron chi connectivity index (χ0n) is 14.2. The number of amides is 1. The number of carbonyl (C=O) groups is 1. The minimum absolute atomic E-state index is 0.236. The fraction of sp³-hybridized carbons (Fsp3) is 0.294. The lowest BCUT2D eigenvalue weighted by atomic mass is 10.2. The van der Waals surface area contributed by atoms with Crippen LogP contribution in [0.15, 0.2) is 36.7 Å². The van der Waals surface area contributed by atoms with Crippen LogP contribution >= 0.6 is 0 Å². The molecule has 124 valence electrons. The van der Waals surface area contributed by atoms with Gasteiger partial charge in [0.15, 0.2) is 5.69 Å². The van der Waals surface area contributed by atoms with Crippen molar-refractivity contribution in [3.8, 4) is 5.69 Å². The summed E-state index contributed by atoms with van der Waals surface area (Å²) in [5.41, 5.74) is 3.63. The van der Waals surface area contributed by atoms with Gasteiger partial charge in [-0.3, -0.25) is 9.48 Å². The van der Waals surface area contributed by atoms with E-state index < -0.39 is 0 Å². The lowest BCUT2D eigenvalue weighted by Crippen LogP contribution is -2.14. The van der Waals surface area contributed by atoms with Crippen LogP contribution in [0.4, 0.5) is 5.69 Å². The van der Waals surface area contributed by atoms with Crippen molar-refractivity contribution in [3.05, 3.63) is 53.6 Å². The Bertz CT molecular complexity index is 877. The highest BCUT2D eigenvalue weighted by Crippen LogP contribution is 2.16. The number of nitrogens with zero attached hydrogens (tertiary/aromatic N) is 5. The van der Waals surface area contributed by atoms with Crippen molar-refractivity contribution in [2.24, 2.45) is 0 Å². The standard InChI is InChI=1S/C17H20N6O/c1-11(2)22-10-14(9-18-22)19-17(24)16-13(4)23(21-20-16)15-7-5-6-12(3)8-15/h5-11H,1-4H3,(H,19,24). The first-order valence-corrected chi connectivity index (χ1v) is 7.80. The summed E-state index contributed by atoms with van der Waals surface area (Å²) in [6, 6.07) is 8.13. The Labute approximate surface area is 140 Å². The molecule has 1 amide bonds. The number of aromatic nitrogens is 5. The van der Waals surface area contributed by atoms with Gasteiger partial charge in [-0.15, -0.1) is 5.10 Å². The fourth-order valence-corrected chi connectivity index (χ4v) is 2.42. The molecule has 2 aromatic heterocycles. The minimum atomic E-state index is -0.297. The van der Waals surface area contributed by atoms with Crippen LogP contribution in [-0.4, -0.2) is 30.7 Å². The van der Waals surface area contributed by atoms with Gasteiger partial charge in [0.25, 0.3) is 5.91 Å². The van der Waals surface area contributed by atoms with Gasteiger partial charge in [-0.05, 0) is 45.4 Å². The number of hydrogen-bond acceptors (Lipinski definition) is 4. The molecule has 0 bridgehead atoms. The fourth-order valence-electron chi connectivity index (χ4n) is 2.42. The van der Waals surface area contributed by atoms with E-state index in [2.05, 4.69) is 20.7 Å². The van der Waals surface area contributed by atoms with Crippen molar-refractivity contribution in [3.63, 3.8) is 0 Å². The molecule has 3 aromatic rings. The highest BCUT2D eigenvalue weighted by atomic mass is 16.2. The molecule has 0 aliphatic rings. The Kier molecular flexibility index (Phi) is 4.16. The number of benzene rings is 1. The smallest absolute Gasteiger partial charge is 0.278 e. The third kappa shape index (κ3) is 3.05. The number of rotatable bonds is 4. The second-order valence-electron chi connectivity index (χ2n) is 6.03. The van der Waals surface area contributed by atoms with Crippen molar-refractivity contribution in [1.29, 1.82) is 0 Å². The number of hydrogen-bond donors (Lipinski definition) is 1. The second-order valence-corrected chi connectivity index (χ2v) is 6.03. The quantitative estimate of drug-likeness (QED) is 0.800. The van der Waals surface area contributed by atoms with E-state index in [1.165, 1.54) is 0 Å². The molecule has 0 saturated heterocycles. The highest BCUT2D eigenvalue weighted by Gasteiger charge is 2.18. The molecule has 0 atom stereocenters. The Morgan fingerprint density at radius 2 is 2.04 bits per heavy atom. The van der Waals surface area contributed by atoms with Crippen LogP contribution in [0.5, 0.6) is 0 Å². The first-order valence-electron chi connectivity index (χ1n) is 7.80. The summed E-state index contributed by atoms with van der Waals surface area (Å²) in [4.78, 5) is 12.5. The van der Waals surface area contributed by atoms with Gasteiger partial charge in [0.2, 0.25) is 0 Å². The molecule has 7 heteroatoms. The van der Waals surface area contributed by atoms with Gasteiger partial charge < -0.3 is 5.32 Å². The summed E-state index contributed by atoms with van der Waals surface area (Å²) in [6.07, 6.45) is 3.42. The summed E-state index contributed by atoms with van der Waals surface area (Å²) >= 11 is 0. The Hall–Kier alpha value is -2.96. The van der Waals surface area contributed by atoms with Crippen LogP contribution in [0.1, 0.15) is 41.6 Å². The summed E-state index contributed by atoms with van der Waals surface area (Å²) in [5, 5.41) is 15.2. The molecule has 7 nitrogen and oxygen atoms in total. The predicted octanol–water partition coefficient (Wildman–Crippen LogP) is 2.91. The molecule has 1 N–H and O–H groups in total. The molecule has 0 spiro atoms. The largest absolute Gasteiger partial charge is 0.318 e. The van der Waals surface area contributed by atoms with Crippen LogP contribution in [0.3, 0.4) is 0 Å². The van der Waals surface area contributed by atoms with Crippen LogP contribution in [0.2, 0.25) is 0 Å². The maximum absolute atomic E-state index is 12.5. The molecule has 1 aromatic carbocycles. The summed E-state index contributed by atoms with van der Waals surface area (Å²) in [7, 11) is 0. The zero-order valence-corrected chi connectivity index (χ0v) is 14.2. The number of anilines is 1. The average Bonchev–Trinajstić information content (AvgIpc) is 3.14. The van der Waals surface area contributed by atoms with E-state index in [0.29, 0.717) is 17.1 Å². The highest BCUT2D eigenvalue weighted by molar-refractivity contribution is 6.03. The van der Waals surface area contributed by atoms with Crippen molar-refractivity contribution in [1.82, 2.24) is 24.8 Å². The average molecular weight is 324 g/mol. The first-order chi connectivity index (χ1) is 11.5. The summed E-state index contributed by atoms with van der Waals surface area (Å²) < 4.78 is 3.45. The summed E-state index contributed by atoms with van der Waals surface area (Å²) in [5.74, 6) is -0.297. The van der Waals surface area contributed by atoms with E-state index in [4.69, 9.17) is 0 Å². The molecule has 0 unspecified atom stereocenters. The van der Waals surface area contributed by atoms with Crippen LogP contribution in [-0.2, 0) is 0 Å². The van der Waals surface area contributed by atoms with E-state index >= 15 is 0 Å². The van der Waals surface area contributed by atoms with Crippen molar-refractivity contribution >= 4 is 11.6 Å². The van der Waals surface area contributed by atoms with Crippen molar-refractivity contribution < 1.29 is 4.79 Å². The molecule has 0 aliphatic carbocycles. The normalized spacial score (nSPS) is 11.0. The SMILES string of the molecule is Cc1cccc(-n2nnc(C(=O)Nc3cnn(C(C)C)c3)c2C)c1. The third-order valence-corrected chi connectivity index (χ3v) is 3.74. The topological polar surface area (TPSA) is 77.6 Å². The van der Waals surface area contributed by atoms with Crippen LogP contribution in [0.25, 0.3) is 5.69 Å². The molecule has 0 radical (unpaired) electrons. The lowest BCUT2D eigenvalue weighted by Gasteiger charge is -2.05. The zero-order chi connectivity index (χ0) is 17.3. The molecule has 0 fully saturated rings. The number of nitrogens with one attached hydrogen (secondary N) is 1. The van der Waals surface area contributed by atoms with Gasteiger partial charge in [0.05, 0.1) is 23.3 Å². The lowest BCUT2D eigenvalue weighted by molar-refractivity contribution is 0.102. The van der Waals surface area contributed by atoms with E-state index in [0.717, 1.165) is 11.3 Å². The maximum Gasteiger partial charge on any atom is 0.278 e. The second kappa shape index (κ2) is 6.27.